The zero-order valence-corrected chi connectivity index (χ0v) is 10.4. The minimum Gasteiger partial charge on any atom is -0.373 e. The standard InChI is InChI=1S/C12H18N4O2/c1-8(13)10-7-16(4-5-18-10)11-6-9(12(14)17)2-3-15-11/h2-3,6,8,10H,4-5,7,13H2,1H3,(H2,14,17). The summed E-state index contributed by atoms with van der Waals surface area (Å²) in [4.78, 5) is 17.5. The van der Waals surface area contributed by atoms with Crippen LogP contribution in [0.25, 0.3) is 0 Å². The first-order chi connectivity index (χ1) is 8.58. The predicted molar refractivity (Wildman–Crippen MR) is 68.4 cm³/mol. The fourth-order valence-corrected chi connectivity index (χ4v) is 1.95. The minimum absolute atomic E-state index is 0.0159. The van der Waals surface area contributed by atoms with Crippen molar-refractivity contribution in [2.45, 2.75) is 19.1 Å². The van der Waals surface area contributed by atoms with E-state index in [4.69, 9.17) is 16.2 Å². The van der Waals surface area contributed by atoms with Crippen LogP contribution in [0.15, 0.2) is 18.3 Å². The van der Waals surface area contributed by atoms with Crippen LogP contribution >= 0.6 is 0 Å². The Morgan fingerprint density at radius 1 is 1.67 bits per heavy atom. The summed E-state index contributed by atoms with van der Waals surface area (Å²) in [5, 5.41) is 0. The Bertz CT molecular complexity index is 436. The summed E-state index contributed by atoms with van der Waals surface area (Å²) in [6.45, 7) is 3.93. The Morgan fingerprint density at radius 2 is 2.44 bits per heavy atom. The van der Waals surface area contributed by atoms with E-state index in [2.05, 4.69) is 9.88 Å². The summed E-state index contributed by atoms with van der Waals surface area (Å²) in [6, 6.07) is 3.27. The lowest BCUT2D eigenvalue weighted by Gasteiger charge is -2.35. The van der Waals surface area contributed by atoms with Crippen LogP contribution < -0.4 is 16.4 Å². The number of aromatic nitrogens is 1. The number of nitrogens with zero attached hydrogens (tertiary/aromatic N) is 2. The molecule has 18 heavy (non-hydrogen) atoms. The van der Waals surface area contributed by atoms with Crippen LogP contribution in [-0.4, -0.2) is 42.7 Å². The van der Waals surface area contributed by atoms with Crippen molar-refractivity contribution in [1.29, 1.82) is 0 Å². The van der Waals surface area contributed by atoms with Crippen molar-refractivity contribution in [1.82, 2.24) is 4.98 Å². The highest BCUT2D eigenvalue weighted by Gasteiger charge is 2.24. The van der Waals surface area contributed by atoms with Gasteiger partial charge in [0.25, 0.3) is 0 Å². The zero-order valence-electron chi connectivity index (χ0n) is 10.4. The van der Waals surface area contributed by atoms with Gasteiger partial charge in [-0.2, -0.15) is 0 Å². The normalized spacial score (nSPS) is 21.7. The Labute approximate surface area is 106 Å². The van der Waals surface area contributed by atoms with Gasteiger partial charge in [-0.3, -0.25) is 4.79 Å². The second-order valence-corrected chi connectivity index (χ2v) is 4.48. The van der Waals surface area contributed by atoms with Crippen molar-refractivity contribution in [3.05, 3.63) is 23.9 Å². The predicted octanol–water partition coefficient (Wildman–Crippen LogP) is -0.267. The zero-order chi connectivity index (χ0) is 13.1. The van der Waals surface area contributed by atoms with Crippen LogP contribution in [0.2, 0.25) is 0 Å². The van der Waals surface area contributed by atoms with Gasteiger partial charge in [-0.05, 0) is 19.1 Å². The first-order valence-corrected chi connectivity index (χ1v) is 5.96. The van der Waals surface area contributed by atoms with Crippen molar-refractivity contribution in [2.24, 2.45) is 11.5 Å². The van der Waals surface area contributed by atoms with Crippen LogP contribution in [0.5, 0.6) is 0 Å². The van der Waals surface area contributed by atoms with E-state index in [-0.39, 0.29) is 12.1 Å². The highest BCUT2D eigenvalue weighted by Crippen LogP contribution is 2.17. The van der Waals surface area contributed by atoms with Crippen LogP contribution in [-0.2, 0) is 4.74 Å². The van der Waals surface area contributed by atoms with Crippen molar-refractivity contribution >= 4 is 11.7 Å². The molecule has 1 aromatic rings. The summed E-state index contributed by atoms with van der Waals surface area (Å²) in [5.74, 6) is 0.288. The SMILES string of the molecule is CC(N)C1CN(c2cc(C(N)=O)ccn2)CCO1. The molecule has 0 radical (unpaired) electrons. The largest absolute Gasteiger partial charge is 0.373 e. The monoisotopic (exact) mass is 250 g/mol. The van der Waals surface area contributed by atoms with Gasteiger partial charge in [-0.1, -0.05) is 0 Å². The molecule has 6 heteroatoms. The van der Waals surface area contributed by atoms with Crippen molar-refractivity contribution in [2.75, 3.05) is 24.6 Å². The maximum absolute atomic E-state index is 11.1. The molecule has 2 heterocycles. The number of rotatable bonds is 3. The Hall–Kier alpha value is -1.66. The van der Waals surface area contributed by atoms with E-state index in [9.17, 15) is 4.79 Å². The molecule has 2 unspecified atom stereocenters. The lowest BCUT2D eigenvalue weighted by molar-refractivity contribution is 0.0273. The van der Waals surface area contributed by atoms with Gasteiger partial charge < -0.3 is 21.1 Å². The van der Waals surface area contributed by atoms with Gasteiger partial charge in [0, 0.05) is 30.9 Å². The first-order valence-electron chi connectivity index (χ1n) is 5.96. The summed E-state index contributed by atoms with van der Waals surface area (Å²) in [7, 11) is 0. The van der Waals surface area contributed by atoms with Gasteiger partial charge in [0.15, 0.2) is 0 Å². The second-order valence-electron chi connectivity index (χ2n) is 4.48. The molecule has 0 bridgehead atoms. The third-order valence-corrected chi connectivity index (χ3v) is 3.03. The fraction of sp³-hybridized carbons (Fsp3) is 0.500. The molecular weight excluding hydrogens is 232 g/mol. The van der Waals surface area contributed by atoms with Crippen LogP contribution in [0.3, 0.4) is 0 Å². The number of primary amides is 1. The number of morpholine rings is 1. The number of nitrogens with two attached hydrogens (primary N) is 2. The minimum atomic E-state index is -0.448. The van der Waals surface area contributed by atoms with Gasteiger partial charge >= 0.3 is 0 Å². The van der Waals surface area contributed by atoms with Gasteiger partial charge in [-0.15, -0.1) is 0 Å². The molecule has 6 nitrogen and oxygen atoms in total. The molecule has 1 amide bonds. The molecule has 1 aliphatic heterocycles. The van der Waals surface area contributed by atoms with Gasteiger partial charge in [-0.25, -0.2) is 4.98 Å². The second kappa shape index (κ2) is 5.32. The topological polar surface area (TPSA) is 94.5 Å². The molecule has 1 fully saturated rings. The van der Waals surface area contributed by atoms with E-state index in [1.807, 2.05) is 6.92 Å². The molecule has 1 aliphatic rings. The maximum Gasteiger partial charge on any atom is 0.248 e. The van der Waals surface area contributed by atoms with Crippen molar-refractivity contribution in [3.63, 3.8) is 0 Å². The number of hydrogen-bond acceptors (Lipinski definition) is 5. The Kier molecular flexibility index (Phi) is 3.78. The Balaban J connectivity index is 2.15. The molecule has 1 saturated heterocycles. The van der Waals surface area contributed by atoms with Gasteiger partial charge in [0.1, 0.15) is 5.82 Å². The number of hydrogen-bond donors (Lipinski definition) is 2. The summed E-state index contributed by atoms with van der Waals surface area (Å²) >= 11 is 0. The molecule has 4 N–H and O–H groups in total. The highest BCUT2D eigenvalue weighted by molar-refractivity contribution is 5.93. The highest BCUT2D eigenvalue weighted by atomic mass is 16.5. The summed E-state index contributed by atoms with van der Waals surface area (Å²) in [6.07, 6.45) is 1.57. The maximum atomic E-state index is 11.1. The summed E-state index contributed by atoms with van der Waals surface area (Å²) in [5.41, 5.74) is 11.6. The number of anilines is 1. The molecule has 0 spiro atoms. The summed E-state index contributed by atoms with van der Waals surface area (Å²) < 4.78 is 5.58. The number of ether oxygens (including phenoxy) is 1. The molecule has 98 valence electrons. The molecule has 2 rings (SSSR count). The van der Waals surface area contributed by atoms with Crippen LogP contribution in [0.4, 0.5) is 5.82 Å². The van der Waals surface area contributed by atoms with Crippen LogP contribution in [0.1, 0.15) is 17.3 Å². The van der Waals surface area contributed by atoms with Crippen molar-refractivity contribution < 1.29 is 9.53 Å². The number of amides is 1. The molecule has 2 atom stereocenters. The number of pyridine rings is 1. The molecular formula is C12H18N4O2. The lowest BCUT2D eigenvalue weighted by atomic mass is 10.1. The molecule has 0 aliphatic carbocycles. The van der Waals surface area contributed by atoms with E-state index in [1.165, 1.54) is 0 Å². The Morgan fingerprint density at radius 3 is 3.11 bits per heavy atom. The van der Waals surface area contributed by atoms with E-state index >= 15 is 0 Å². The lowest BCUT2D eigenvalue weighted by Crippen LogP contribution is -2.49. The van der Waals surface area contributed by atoms with Gasteiger partial charge in [0.05, 0.1) is 12.7 Å². The third kappa shape index (κ3) is 2.77. The van der Waals surface area contributed by atoms with Crippen molar-refractivity contribution in [3.8, 4) is 0 Å². The van der Waals surface area contributed by atoms with Crippen LogP contribution in [0, 0.1) is 0 Å². The van der Waals surface area contributed by atoms with E-state index in [1.54, 1.807) is 18.3 Å². The molecule has 1 aromatic heterocycles. The quantitative estimate of drug-likeness (QED) is 0.770. The average molecular weight is 250 g/mol. The fourth-order valence-electron chi connectivity index (χ4n) is 1.95. The van der Waals surface area contributed by atoms with E-state index < -0.39 is 5.91 Å². The van der Waals surface area contributed by atoms with Gasteiger partial charge in [0.2, 0.25) is 5.91 Å². The van der Waals surface area contributed by atoms with E-state index in [0.717, 1.165) is 12.4 Å². The molecule has 0 saturated carbocycles. The third-order valence-electron chi connectivity index (χ3n) is 3.03. The first kappa shape index (κ1) is 12.8. The smallest absolute Gasteiger partial charge is 0.248 e. The molecule has 0 aromatic carbocycles. The number of carbonyl (C=O) groups excluding carboxylic acids is 1. The average Bonchev–Trinajstić information content (AvgIpc) is 2.39. The van der Waals surface area contributed by atoms with E-state index in [0.29, 0.717) is 18.7 Å². The number of carbonyl (C=O) groups is 1.